The minimum absolute atomic E-state index is 0.0887. The molecular weight excluding hydrogens is 360 g/mol. The third kappa shape index (κ3) is 3.93. The van der Waals surface area contributed by atoms with Crippen LogP contribution in [0.1, 0.15) is 26.2 Å². The predicted molar refractivity (Wildman–Crippen MR) is 96.0 cm³/mol. The predicted octanol–water partition coefficient (Wildman–Crippen LogP) is 2.44. The standard InChI is InChI=1S/C18H21ClN2O5/c1-2-25-17(23)12-4-3-8-20(11-12)16(22)7-9-21-14-6-5-13(19)10-15(14)26-18(21)24/h5-6,10,12H,2-4,7-9,11H2,1H3/t12-/m1/s1. The number of nitrogens with zero attached hydrogens (tertiary/aromatic N) is 2. The van der Waals surface area contributed by atoms with E-state index in [1.807, 2.05) is 0 Å². The molecule has 1 aromatic carbocycles. The van der Waals surface area contributed by atoms with Gasteiger partial charge in [-0.15, -0.1) is 0 Å². The molecule has 26 heavy (non-hydrogen) atoms. The molecule has 0 bridgehead atoms. The first kappa shape index (κ1) is 18.5. The first-order valence-electron chi connectivity index (χ1n) is 8.73. The number of piperidine rings is 1. The van der Waals surface area contributed by atoms with Crippen molar-refractivity contribution in [2.75, 3.05) is 19.7 Å². The number of rotatable bonds is 5. The van der Waals surface area contributed by atoms with E-state index >= 15 is 0 Å². The van der Waals surface area contributed by atoms with Crippen LogP contribution in [0, 0.1) is 5.92 Å². The number of amides is 1. The Bertz CT molecular complexity index is 872. The van der Waals surface area contributed by atoms with Crippen molar-refractivity contribution >= 4 is 34.6 Å². The van der Waals surface area contributed by atoms with Gasteiger partial charge < -0.3 is 14.1 Å². The highest BCUT2D eigenvalue weighted by molar-refractivity contribution is 6.31. The number of oxazole rings is 1. The van der Waals surface area contributed by atoms with Crippen LogP contribution in [0.2, 0.25) is 5.02 Å². The second kappa shape index (κ2) is 7.95. The van der Waals surface area contributed by atoms with Crippen molar-refractivity contribution in [1.29, 1.82) is 0 Å². The van der Waals surface area contributed by atoms with Gasteiger partial charge in [0.2, 0.25) is 5.91 Å². The molecule has 0 N–H and O–H groups in total. The van der Waals surface area contributed by atoms with E-state index in [1.54, 1.807) is 30.0 Å². The van der Waals surface area contributed by atoms with Crippen molar-refractivity contribution in [2.24, 2.45) is 5.92 Å². The number of ether oxygens (including phenoxy) is 1. The minimum Gasteiger partial charge on any atom is -0.466 e. The summed E-state index contributed by atoms with van der Waals surface area (Å²) in [6.07, 6.45) is 1.66. The Balaban J connectivity index is 1.65. The number of hydrogen-bond acceptors (Lipinski definition) is 5. The van der Waals surface area contributed by atoms with Gasteiger partial charge in [-0.2, -0.15) is 0 Å². The van der Waals surface area contributed by atoms with E-state index in [0.717, 1.165) is 12.8 Å². The molecule has 1 fully saturated rings. The summed E-state index contributed by atoms with van der Waals surface area (Å²) in [5.41, 5.74) is 1.01. The maximum Gasteiger partial charge on any atom is 0.419 e. The zero-order valence-corrected chi connectivity index (χ0v) is 15.3. The van der Waals surface area contributed by atoms with Crippen molar-refractivity contribution in [3.05, 3.63) is 33.8 Å². The maximum atomic E-state index is 12.5. The number of fused-ring (bicyclic) bond motifs is 1. The van der Waals surface area contributed by atoms with Gasteiger partial charge in [0.15, 0.2) is 5.58 Å². The summed E-state index contributed by atoms with van der Waals surface area (Å²) in [6, 6.07) is 4.95. The van der Waals surface area contributed by atoms with Crippen molar-refractivity contribution in [3.63, 3.8) is 0 Å². The van der Waals surface area contributed by atoms with Gasteiger partial charge in [0.05, 0.1) is 18.0 Å². The first-order valence-corrected chi connectivity index (χ1v) is 9.10. The molecule has 1 aromatic heterocycles. The summed E-state index contributed by atoms with van der Waals surface area (Å²) in [7, 11) is 0. The molecule has 8 heteroatoms. The Morgan fingerprint density at radius 3 is 2.96 bits per heavy atom. The monoisotopic (exact) mass is 380 g/mol. The molecule has 7 nitrogen and oxygen atoms in total. The van der Waals surface area contributed by atoms with Gasteiger partial charge in [0.25, 0.3) is 0 Å². The Morgan fingerprint density at radius 2 is 2.19 bits per heavy atom. The van der Waals surface area contributed by atoms with Crippen LogP contribution in [0.15, 0.2) is 27.4 Å². The van der Waals surface area contributed by atoms with Crippen LogP contribution in [0.5, 0.6) is 0 Å². The summed E-state index contributed by atoms with van der Waals surface area (Å²) in [6.45, 7) is 3.31. The molecule has 1 saturated heterocycles. The van der Waals surface area contributed by atoms with Crippen LogP contribution in [0.3, 0.4) is 0 Å². The summed E-state index contributed by atoms with van der Waals surface area (Å²) in [5.74, 6) is -1.13. The summed E-state index contributed by atoms with van der Waals surface area (Å²) in [4.78, 5) is 38.1. The molecule has 0 radical (unpaired) electrons. The Labute approximate surface area is 155 Å². The molecule has 1 aliphatic rings. The van der Waals surface area contributed by atoms with Crippen LogP contribution in [-0.4, -0.2) is 41.0 Å². The van der Waals surface area contributed by atoms with Gasteiger partial charge in [-0.3, -0.25) is 14.2 Å². The molecule has 1 atom stereocenters. The van der Waals surface area contributed by atoms with Crippen LogP contribution >= 0.6 is 11.6 Å². The molecule has 1 aliphatic heterocycles. The number of carbonyl (C=O) groups is 2. The molecule has 0 unspecified atom stereocenters. The molecule has 0 saturated carbocycles. The minimum atomic E-state index is -0.516. The summed E-state index contributed by atoms with van der Waals surface area (Å²) < 4.78 is 11.7. The number of likely N-dealkylation sites (tertiary alicyclic amines) is 1. The van der Waals surface area contributed by atoms with Gasteiger partial charge in [0, 0.05) is 37.1 Å². The SMILES string of the molecule is CCOC(=O)[C@@H]1CCCN(C(=O)CCn2c(=O)oc3cc(Cl)ccc32)C1. The molecule has 0 aliphatic carbocycles. The van der Waals surface area contributed by atoms with Gasteiger partial charge in [0.1, 0.15) is 0 Å². The smallest absolute Gasteiger partial charge is 0.419 e. The number of esters is 1. The lowest BCUT2D eigenvalue weighted by molar-refractivity contribution is -0.151. The number of benzene rings is 1. The fourth-order valence-corrected chi connectivity index (χ4v) is 3.44. The van der Waals surface area contributed by atoms with Gasteiger partial charge in [-0.25, -0.2) is 4.79 Å². The van der Waals surface area contributed by atoms with Crippen LogP contribution < -0.4 is 5.76 Å². The number of hydrogen-bond donors (Lipinski definition) is 0. The normalized spacial score (nSPS) is 17.5. The zero-order chi connectivity index (χ0) is 18.7. The molecule has 2 aromatic rings. The molecule has 140 valence electrons. The van der Waals surface area contributed by atoms with Crippen LogP contribution in [0.4, 0.5) is 0 Å². The highest BCUT2D eigenvalue weighted by Crippen LogP contribution is 2.20. The Kier molecular flexibility index (Phi) is 5.66. The lowest BCUT2D eigenvalue weighted by Crippen LogP contribution is -2.43. The molecule has 2 heterocycles. The van der Waals surface area contributed by atoms with Crippen molar-refractivity contribution in [3.8, 4) is 0 Å². The van der Waals surface area contributed by atoms with E-state index in [1.165, 1.54) is 4.57 Å². The number of aromatic nitrogens is 1. The maximum absolute atomic E-state index is 12.5. The van der Waals surface area contributed by atoms with E-state index in [-0.39, 0.29) is 30.8 Å². The van der Waals surface area contributed by atoms with E-state index in [0.29, 0.717) is 35.8 Å². The third-order valence-electron chi connectivity index (χ3n) is 4.57. The largest absolute Gasteiger partial charge is 0.466 e. The Hall–Kier alpha value is -2.28. The fraction of sp³-hybridized carbons (Fsp3) is 0.500. The van der Waals surface area contributed by atoms with Crippen molar-refractivity contribution in [1.82, 2.24) is 9.47 Å². The first-order chi connectivity index (χ1) is 12.5. The lowest BCUT2D eigenvalue weighted by Gasteiger charge is -2.31. The fourth-order valence-electron chi connectivity index (χ4n) is 3.27. The number of halogens is 1. The second-order valence-electron chi connectivity index (χ2n) is 6.31. The van der Waals surface area contributed by atoms with E-state index in [9.17, 15) is 14.4 Å². The van der Waals surface area contributed by atoms with E-state index in [2.05, 4.69) is 0 Å². The quantitative estimate of drug-likeness (QED) is 0.744. The van der Waals surface area contributed by atoms with Gasteiger partial charge >= 0.3 is 11.7 Å². The number of carbonyl (C=O) groups excluding carboxylic acids is 2. The molecule has 3 rings (SSSR count). The summed E-state index contributed by atoms with van der Waals surface area (Å²) >= 11 is 5.90. The zero-order valence-electron chi connectivity index (χ0n) is 14.6. The Morgan fingerprint density at radius 1 is 1.38 bits per heavy atom. The third-order valence-corrected chi connectivity index (χ3v) is 4.81. The number of aryl methyl sites for hydroxylation is 1. The van der Waals surface area contributed by atoms with Gasteiger partial charge in [-0.05, 0) is 31.9 Å². The highest BCUT2D eigenvalue weighted by Gasteiger charge is 2.29. The molecule has 0 spiro atoms. The van der Waals surface area contributed by atoms with E-state index < -0.39 is 5.76 Å². The summed E-state index contributed by atoms with van der Waals surface area (Å²) in [5, 5.41) is 0.479. The van der Waals surface area contributed by atoms with Crippen molar-refractivity contribution in [2.45, 2.75) is 32.7 Å². The molecule has 1 amide bonds. The van der Waals surface area contributed by atoms with Crippen LogP contribution in [-0.2, 0) is 20.9 Å². The lowest BCUT2D eigenvalue weighted by atomic mass is 9.98. The average molecular weight is 381 g/mol. The molecular formula is C18H21ClN2O5. The van der Waals surface area contributed by atoms with E-state index in [4.69, 9.17) is 20.8 Å². The average Bonchev–Trinajstić information content (AvgIpc) is 2.94. The topological polar surface area (TPSA) is 81.8 Å². The second-order valence-corrected chi connectivity index (χ2v) is 6.75. The van der Waals surface area contributed by atoms with Gasteiger partial charge in [-0.1, -0.05) is 11.6 Å². The van der Waals surface area contributed by atoms with Crippen molar-refractivity contribution < 1.29 is 18.7 Å². The van der Waals surface area contributed by atoms with Crippen LogP contribution in [0.25, 0.3) is 11.1 Å². The highest BCUT2D eigenvalue weighted by atomic mass is 35.5.